The molecule has 24 heavy (non-hydrogen) atoms. The van der Waals surface area contributed by atoms with Crippen LogP contribution in [0.1, 0.15) is 11.1 Å². The minimum atomic E-state index is -0.198. The maximum Gasteiger partial charge on any atom is 0.248 e. The minimum absolute atomic E-state index is 0.198. The molecule has 1 N–H and O–H groups in total. The number of carbonyl (C=O) groups is 1. The first kappa shape index (κ1) is 16.0. The summed E-state index contributed by atoms with van der Waals surface area (Å²) in [5.41, 5.74) is 2.59. The number of hydrogen-bond acceptors (Lipinski definition) is 2. The number of rotatable bonds is 5. The highest BCUT2D eigenvalue weighted by Gasteiger charge is 2.04. The average molecular weight is 338 g/mol. The molecule has 0 aliphatic carbocycles. The number of nitrogens with one attached hydrogen (secondary N) is 1. The third kappa shape index (κ3) is 4.33. The zero-order valence-corrected chi connectivity index (χ0v) is 13.6. The Bertz CT molecular complexity index is 856. The van der Waals surface area contributed by atoms with Crippen LogP contribution in [0.4, 0.5) is 5.69 Å². The number of hydrogen-bond donors (Lipinski definition) is 1. The second-order valence-electron chi connectivity index (χ2n) is 5.25. The first-order valence-electron chi connectivity index (χ1n) is 7.51. The molecule has 4 nitrogen and oxygen atoms in total. The summed E-state index contributed by atoms with van der Waals surface area (Å²) in [5.74, 6) is -0.198. The summed E-state index contributed by atoms with van der Waals surface area (Å²) in [6, 6.07) is 17.3. The second kappa shape index (κ2) is 7.62. The summed E-state index contributed by atoms with van der Waals surface area (Å²) in [7, 11) is 0. The first-order valence-corrected chi connectivity index (χ1v) is 7.88. The van der Waals surface area contributed by atoms with Crippen molar-refractivity contribution in [1.82, 2.24) is 9.78 Å². The van der Waals surface area contributed by atoms with Crippen LogP contribution < -0.4 is 5.32 Å². The maximum atomic E-state index is 12.0. The van der Waals surface area contributed by atoms with Gasteiger partial charge in [-0.2, -0.15) is 5.10 Å². The van der Waals surface area contributed by atoms with Crippen LogP contribution in [0.3, 0.4) is 0 Å². The largest absolute Gasteiger partial charge is 0.320 e. The number of amides is 1. The summed E-state index contributed by atoms with van der Waals surface area (Å²) >= 11 is 6.14. The van der Waals surface area contributed by atoms with E-state index in [4.69, 9.17) is 11.6 Å². The summed E-state index contributed by atoms with van der Waals surface area (Å²) in [5, 5.41) is 7.73. The average Bonchev–Trinajstić information content (AvgIpc) is 3.03. The van der Waals surface area contributed by atoms with Gasteiger partial charge < -0.3 is 5.32 Å². The molecule has 0 bridgehead atoms. The van der Waals surface area contributed by atoms with Gasteiger partial charge in [-0.25, -0.2) is 0 Å². The fourth-order valence-corrected chi connectivity index (χ4v) is 2.43. The van der Waals surface area contributed by atoms with Crippen molar-refractivity contribution in [3.8, 4) is 0 Å². The number of anilines is 1. The third-order valence-electron chi connectivity index (χ3n) is 3.42. The van der Waals surface area contributed by atoms with Crippen LogP contribution in [0.15, 0.2) is 73.1 Å². The summed E-state index contributed by atoms with van der Waals surface area (Å²) in [6.45, 7) is 0.551. The molecule has 0 aliphatic rings. The van der Waals surface area contributed by atoms with Gasteiger partial charge in [0.15, 0.2) is 0 Å². The summed E-state index contributed by atoms with van der Waals surface area (Å²) in [6.07, 6.45) is 6.66. The highest BCUT2D eigenvalue weighted by Crippen LogP contribution is 2.16. The fraction of sp³-hybridized carbons (Fsp3) is 0.0526. The molecular formula is C19H16ClN3O. The lowest BCUT2D eigenvalue weighted by Gasteiger charge is -2.03. The van der Waals surface area contributed by atoms with Gasteiger partial charge in [0, 0.05) is 17.3 Å². The van der Waals surface area contributed by atoms with Crippen molar-refractivity contribution in [2.75, 3.05) is 5.32 Å². The highest BCUT2D eigenvalue weighted by molar-refractivity contribution is 6.31. The molecule has 1 amide bonds. The molecule has 5 heteroatoms. The fourth-order valence-electron chi connectivity index (χ4n) is 2.24. The van der Waals surface area contributed by atoms with Gasteiger partial charge in [-0.1, -0.05) is 60.1 Å². The van der Waals surface area contributed by atoms with Crippen molar-refractivity contribution in [3.63, 3.8) is 0 Å². The Balaban J connectivity index is 1.61. The Morgan fingerprint density at radius 2 is 1.88 bits per heavy atom. The van der Waals surface area contributed by atoms with Crippen LogP contribution in [0.25, 0.3) is 6.08 Å². The standard InChI is InChI=1S/C19H16ClN3O/c20-18-9-5-4-8-16(18)13-23-14-17(12-21-23)22-19(24)11-10-15-6-2-1-3-7-15/h1-12,14H,13H2,(H,22,24). The van der Waals surface area contributed by atoms with E-state index in [0.717, 1.165) is 11.1 Å². The second-order valence-corrected chi connectivity index (χ2v) is 5.66. The zero-order chi connectivity index (χ0) is 16.8. The Morgan fingerprint density at radius 3 is 2.67 bits per heavy atom. The number of aromatic nitrogens is 2. The van der Waals surface area contributed by atoms with E-state index in [1.54, 1.807) is 23.2 Å². The van der Waals surface area contributed by atoms with E-state index < -0.39 is 0 Å². The monoisotopic (exact) mass is 337 g/mol. The topological polar surface area (TPSA) is 46.9 Å². The van der Waals surface area contributed by atoms with E-state index in [9.17, 15) is 4.79 Å². The van der Waals surface area contributed by atoms with Crippen molar-refractivity contribution in [1.29, 1.82) is 0 Å². The minimum Gasteiger partial charge on any atom is -0.320 e. The molecule has 120 valence electrons. The highest BCUT2D eigenvalue weighted by atomic mass is 35.5. The summed E-state index contributed by atoms with van der Waals surface area (Å²) < 4.78 is 1.73. The molecule has 0 radical (unpaired) electrons. The molecule has 0 atom stereocenters. The van der Waals surface area contributed by atoms with Crippen molar-refractivity contribution in [2.24, 2.45) is 0 Å². The van der Waals surface area contributed by atoms with Crippen molar-refractivity contribution in [2.45, 2.75) is 6.54 Å². The number of benzene rings is 2. The number of nitrogens with zero attached hydrogens (tertiary/aromatic N) is 2. The zero-order valence-electron chi connectivity index (χ0n) is 12.9. The Kier molecular flexibility index (Phi) is 5.08. The lowest BCUT2D eigenvalue weighted by molar-refractivity contribution is -0.111. The van der Waals surface area contributed by atoms with E-state index in [-0.39, 0.29) is 5.91 Å². The Labute approximate surface area is 145 Å². The molecule has 0 aliphatic heterocycles. The van der Waals surface area contributed by atoms with E-state index in [2.05, 4.69) is 10.4 Å². The van der Waals surface area contributed by atoms with Crippen molar-refractivity contribution < 1.29 is 4.79 Å². The smallest absolute Gasteiger partial charge is 0.248 e. The molecule has 2 aromatic carbocycles. The van der Waals surface area contributed by atoms with Gasteiger partial charge in [-0.15, -0.1) is 0 Å². The van der Waals surface area contributed by atoms with Gasteiger partial charge in [0.25, 0.3) is 0 Å². The molecular weight excluding hydrogens is 322 g/mol. The maximum absolute atomic E-state index is 12.0. The van der Waals surface area contributed by atoms with Gasteiger partial charge in [0.05, 0.1) is 18.4 Å². The molecule has 0 spiro atoms. The SMILES string of the molecule is O=C(C=Cc1ccccc1)Nc1cnn(Cc2ccccc2Cl)c1. The van der Waals surface area contributed by atoms with Gasteiger partial charge >= 0.3 is 0 Å². The lowest BCUT2D eigenvalue weighted by atomic mass is 10.2. The molecule has 0 fully saturated rings. The van der Waals surface area contributed by atoms with Gasteiger partial charge in [0.1, 0.15) is 0 Å². The van der Waals surface area contributed by atoms with Crippen LogP contribution in [0.5, 0.6) is 0 Å². The molecule has 3 rings (SSSR count). The molecule has 1 heterocycles. The molecule has 3 aromatic rings. The van der Waals surface area contributed by atoms with Crippen LogP contribution in [0, 0.1) is 0 Å². The van der Waals surface area contributed by atoms with Crippen LogP contribution in [-0.4, -0.2) is 15.7 Å². The molecule has 0 saturated heterocycles. The first-order chi connectivity index (χ1) is 11.7. The van der Waals surface area contributed by atoms with Gasteiger partial charge in [0.2, 0.25) is 5.91 Å². The van der Waals surface area contributed by atoms with E-state index in [1.807, 2.05) is 54.6 Å². The lowest BCUT2D eigenvalue weighted by Crippen LogP contribution is -2.07. The molecule has 0 unspecified atom stereocenters. The van der Waals surface area contributed by atoms with E-state index >= 15 is 0 Å². The van der Waals surface area contributed by atoms with E-state index in [1.165, 1.54) is 6.08 Å². The molecule has 1 aromatic heterocycles. The molecule has 0 saturated carbocycles. The van der Waals surface area contributed by atoms with E-state index in [0.29, 0.717) is 17.3 Å². The number of halogens is 1. The van der Waals surface area contributed by atoms with Crippen LogP contribution in [0.2, 0.25) is 5.02 Å². The van der Waals surface area contributed by atoms with Crippen LogP contribution in [-0.2, 0) is 11.3 Å². The number of carbonyl (C=O) groups excluding carboxylic acids is 1. The predicted octanol–water partition coefficient (Wildman–Crippen LogP) is 4.24. The van der Waals surface area contributed by atoms with Crippen molar-refractivity contribution in [3.05, 3.63) is 89.2 Å². The Hall–Kier alpha value is -2.85. The van der Waals surface area contributed by atoms with Gasteiger partial charge in [-0.3, -0.25) is 9.48 Å². The Morgan fingerprint density at radius 1 is 1.12 bits per heavy atom. The third-order valence-corrected chi connectivity index (χ3v) is 3.79. The van der Waals surface area contributed by atoms with Crippen LogP contribution >= 0.6 is 11.6 Å². The quantitative estimate of drug-likeness (QED) is 0.708. The van der Waals surface area contributed by atoms with Gasteiger partial charge in [-0.05, 0) is 23.3 Å². The predicted molar refractivity (Wildman–Crippen MR) is 96.9 cm³/mol. The normalized spacial score (nSPS) is 10.9. The summed E-state index contributed by atoms with van der Waals surface area (Å²) in [4.78, 5) is 12.0. The van der Waals surface area contributed by atoms with Crippen molar-refractivity contribution >= 4 is 29.3 Å².